The average molecular weight is 154 g/mol. The minimum absolute atomic E-state index is 0.138. The summed E-state index contributed by atoms with van der Waals surface area (Å²) < 4.78 is 0. The maximum Gasteiger partial charge on any atom is 0.130 e. The largest absolute Gasteiger partial charge is 0.303 e. The zero-order valence-corrected chi connectivity index (χ0v) is 6.93. The second-order valence-corrected chi connectivity index (χ2v) is 3.57. The first kappa shape index (κ1) is 8.44. The van der Waals surface area contributed by atoms with E-state index in [0.29, 0.717) is 6.42 Å². The molecule has 1 saturated carbocycles. The Kier molecular flexibility index (Phi) is 2.42. The predicted octanol–water partition coefficient (Wildman–Crippen LogP) is 1.72. The van der Waals surface area contributed by atoms with Gasteiger partial charge in [0.15, 0.2) is 0 Å². The molecule has 0 aromatic rings. The van der Waals surface area contributed by atoms with E-state index in [4.69, 9.17) is 0 Å². The zero-order chi connectivity index (χ0) is 8.32. The van der Waals surface area contributed by atoms with Crippen LogP contribution in [0.4, 0.5) is 0 Å². The Morgan fingerprint density at radius 2 is 2.00 bits per heavy atom. The molecule has 0 atom stereocenters. The summed E-state index contributed by atoms with van der Waals surface area (Å²) in [6.07, 6.45) is 5.47. The van der Waals surface area contributed by atoms with Crippen molar-refractivity contribution in [1.29, 1.82) is 0 Å². The van der Waals surface area contributed by atoms with Crippen LogP contribution in [0.3, 0.4) is 0 Å². The number of rotatable bonds is 3. The van der Waals surface area contributed by atoms with E-state index >= 15 is 0 Å². The molecule has 2 nitrogen and oxygen atoms in total. The average Bonchev–Trinajstić information content (AvgIpc) is 2.36. The van der Waals surface area contributed by atoms with Gasteiger partial charge in [0.05, 0.1) is 0 Å². The molecule has 0 radical (unpaired) electrons. The van der Waals surface area contributed by atoms with Gasteiger partial charge in [0.2, 0.25) is 0 Å². The maximum atomic E-state index is 10.8. The van der Waals surface area contributed by atoms with Crippen molar-refractivity contribution in [3.8, 4) is 0 Å². The lowest BCUT2D eigenvalue weighted by atomic mass is 9.83. The minimum Gasteiger partial charge on any atom is -0.303 e. The van der Waals surface area contributed by atoms with E-state index in [-0.39, 0.29) is 11.2 Å². The minimum atomic E-state index is -0.272. The Hall–Kier alpha value is -0.660. The zero-order valence-electron chi connectivity index (χ0n) is 6.93. The van der Waals surface area contributed by atoms with Gasteiger partial charge in [-0.2, -0.15) is 0 Å². The second kappa shape index (κ2) is 3.16. The summed E-state index contributed by atoms with van der Waals surface area (Å²) in [5, 5.41) is 0. The monoisotopic (exact) mass is 154 g/mol. The van der Waals surface area contributed by atoms with Crippen molar-refractivity contribution in [2.75, 3.05) is 0 Å². The van der Waals surface area contributed by atoms with Crippen LogP contribution >= 0.6 is 0 Å². The topological polar surface area (TPSA) is 34.1 Å². The van der Waals surface area contributed by atoms with Crippen LogP contribution < -0.4 is 0 Å². The molecule has 62 valence electrons. The predicted molar refractivity (Wildman–Crippen MR) is 42.3 cm³/mol. The van der Waals surface area contributed by atoms with Crippen molar-refractivity contribution in [3.63, 3.8) is 0 Å². The number of carbonyl (C=O) groups excluding carboxylic acids is 2. The number of hydrogen-bond acceptors (Lipinski definition) is 2. The SMILES string of the molecule is CC(=O)CC1(C=O)CCCC1. The number of Topliss-reactive ketones (excluding diaryl/α,β-unsaturated/α-hetero) is 1. The van der Waals surface area contributed by atoms with Crippen LogP contribution in [-0.2, 0) is 9.59 Å². The van der Waals surface area contributed by atoms with Crippen molar-refractivity contribution in [1.82, 2.24) is 0 Å². The summed E-state index contributed by atoms with van der Waals surface area (Å²) in [7, 11) is 0. The number of aldehydes is 1. The lowest BCUT2D eigenvalue weighted by molar-refractivity contribution is -0.125. The summed E-state index contributed by atoms with van der Waals surface area (Å²) >= 11 is 0. The summed E-state index contributed by atoms with van der Waals surface area (Å²) in [5.74, 6) is 0.138. The second-order valence-electron chi connectivity index (χ2n) is 3.57. The van der Waals surface area contributed by atoms with Crippen LogP contribution in [0.1, 0.15) is 39.0 Å². The molecule has 0 saturated heterocycles. The fourth-order valence-corrected chi connectivity index (χ4v) is 1.91. The molecule has 0 unspecified atom stereocenters. The highest BCUT2D eigenvalue weighted by molar-refractivity contribution is 5.80. The first-order chi connectivity index (χ1) is 5.18. The molecule has 11 heavy (non-hydrogen) atoms. The van der Waals surface area contributed by atoms with E-state index in [1.54, 1.807) is 6.92 Å². The van der Waals surface area contributed by atoms with Gasteiger partial charge in [-0.05, 0) is 19.8 Å². The Bertz CT molecular complexity index is 166. The van der Waals surface area contributed by atoms with Gasteiger partial charge in [-0.25, -0.2) is 0 Å². The molecule has 1 fully saturated rings. The van der Waals surface area contributed by atoms with Gasteiger partial charge in [-0.15, -0.1) is 0 Å². The molecule has 1 rings (SSSR count). The molecule has 0 heterocycles. The molecule has 0 aromatic carbocycles. The number of ketones is 1. The van der Waals surface area contributed by atoms with E-state index in [1.165, 1.54) is 0 Å². The van der Waals surface area contributed by atoms with Gasteiger partial charge in [0, 0.05) is 11.8 Å². The van der Waals surface area contributed by atoms with Crippen LogP contribution in [0.15, 0.2) is 0 Å². The molecule has 0 spiro atoms. The van der Waals surface area contributed by atoms with Crippen LogP contribution in [-0.4, -0.2) is 12.1 Å². The van der Waals surface area contributed by atoms with Gasteiger partial charge in [0.25, 0.3) is 0 Å². The van der Waals surface area contributed by atoms with Gasteiger partial charge in [-0.1, -0.05) is 12.8 Å². The molecule has 2 heteroatoms. The smallest absolute Gasteiger partial charge is 0.130 e. The highest BCUT2D eigenvalue weighted by Crippen LogP contribution is 2.39. The van der Waals surface area contributed by atoms with E-state index < -0.39 is 0 Å². The van der Waals surface area contributed by atoms with Crippen molar-refractivity contribution < 1.29 is 9.59 Å². The molecule has 0 N–H and O–H groups in total. The Balaban J connectivity index is 2.59. The Labute approximate surface area is 67.0 Å². The lowest BCUT2D eigenvalue weighted by Gasteiger charge is -2.18. The first-order valence-corrected chi connectivity index (χ1v) is 4.14. The fraction of sp³-hybridized carbons (Fsp3) is 0.778. The summed E-state index contributed by atoms with van der Waals surface area (Å²) in [6, 6.07) is 0. The molecular formula is C9H14O2. The lowest BCUT2D eigenvalue weighted by Crippen LogP contribution is -2.21. The fourth-order valence-electron chi connectivity index (χ4n) is 1.91. The highest BCUT2D eigenvalue weighted by Gasteiger charge is 2.34. The Morgan fingerprint density at radius 1 is 1.45 bits per heavy atom. The van der Waals surface area contributed by atoms with Crippen molar-refractivity contribution >= 4 is 12.1 Å². The number of carbonyl (C=O) groups is 2. The molecule has 0 aliphatic heterocycles. The third kappa shape index (κ3) is 1.88. The van der Waals surface area contributed by atoms with Gasteiger partial charge < -0.3 is 4.79 Å². The third-order valence-corrected chi connectivity index (χ3v) is 2.45. The van der Waals surface area contributed by atoms with E-state index in [1.807, 2.05) is 0 Å². The Morgan fingerprint density at radius 3 is 2.36 bits per heavy atom. The van der Waals surface area contributed by atoms with E-state index in [2.05, 4.69) is 0 Å². The summed E-state index contributed by atoms with van der Waals surface area (Å²) in [5.41, 5.74) is -0.272. The van der Waals surface area contributed by atoms with Gasteiger partial charge in [-0.3, -0.25) is 4.79 Å². The number of hydrogen-bond donors (Lipinski definition) is 0. The first-order valence-electron chi connectivity index (χ1n) is 4.14. The van der Waals surface area contributed by atoms with Crippen LogP contribution in [0.5, 0.6) is 0 Å². The van der Waals surface area contributed by atoms with E-state index in [0.717, 1.165) is 32.0 Å². The van der Waals surface area contributed by atoms with Crippen molar-refractivity contribution in [3.05, 3.63) is 0 Å². The van der Waals surface area contributed by atoms with Gasteiger partial charge >= 0.3 is 0 Å². The summed E-state index contributed by atoms with van der Waals surface area (Å²) in [4.78, 5) is 21.5. The van der Waals surface area contributed by atoms with Crippen molar-refractivity contribution in [2.24, 2.45) is 5.41 Å². The normalized spacial score (nSPS) is 21.5. The molecule has 1 aliphatic rings. The standard InChI is InChI=1S/C9H14O2/c1-8(11)6-9(7-10)4-2-3-5-9/h7H,2-6H2,1H3. The maximum absolute atomic E-state index is 10.8. The summed E-state index contributed by atoms with van der Waals surface area (Å²) in [6.45, 7) is 1.56. The molecule has 0 amide bonds. The molecule has 0 aromatic heterocycles. The third-order valence-electron chi connectivity index (χ3n) is 2.45. The van der Waals surface area contributed by atoms with Crippen LogP contribution in [0, 0.1) is 5.41 Å². The van der Waals surface area contributed by atoms with E-state index in [9.17, 15) is 9.59 Å². The molecule has 0 bridgehead atoms. The van der Waals surface area contributed by atoms with Crippen LogP contribution in [0.2, 0.25) is 0 Å². The molecule has 1 aliphatic carbocycles. The van der Waals surface area contributed by atoms with Gasteiger partial charge in [0.1, 0.15) is 12.1 Å². The van der Waals surface area contributed by atoms with Crippen molar-refractivity contribution in [2.45, 2.75) is 39.0 Å². The quantitative estimate of drug-likeness (QED) is 0.580. The highest BCUT2D eigenvalue weighted by atomic mass is 16.1. The molecular weight excluding hydrogens is 140 g/mol. The van der Waals surface area contributed by atoms with Crippen LogP contribution in [0.25, 0.3) is 0 Å².